The van der Waals surface area contributed by atoms with Crippen molar-refractivity contribution in [1.29, 1.82) is 0 Å². The average Bonchev–Trinajstić information content (AvgIpc) is 3.43. The third-order valence-electron chi connectivity index (χ3n) is 4.40. The smallest absolute Gasteiger partial charge is 0.258 e. The molecule has 144 valence electrons. The van der Waals surface area contributed by atoms with Gasteiger partial charge in [-0.1, -0.05) is 11.2 Å². The number of hydrogen-bond donors (Lipinski definition) is 2. The van der Waals surface area contributed by atoms with Gasteiger partial charge in [-0.15, -0.1) is 0 Å². The number of aromatic nitrogens is 8. The maximum absolute atomic E-state index is 13.6. The molecule has 0 saturated carbocycles. The summed E-state index contributed by atoms with van der Waals surface area (Å²) in [5, 5.41) is 14.4. The minimum atomic E-state index is -0.584. The Bertz CT molecular complexity index is 1400. The number of nitrogens with zero attached hydrogens (tertiary/aromatic N) is 6. The van der Waals surface area contributed by atoms with Gasteiger partial charge in [0.15, 0.2) is 5.82 Å². The van der Waals surface area contributed by atoms with Gasteiger partial charge in [0, 0.05) is 18.8 Å². The lowest BCUT2D eigenvalue weighted by Gasteiger charge is -2.03. The number of nitrogens with one attached hydrogen (secondary N) is 2. The lowest BCUT2D eigenvalue weighted by atomic mass is 10.1. The molecule has 0 spiro atoms. The highest BCUT2D eigenvalue weighted by atomic mass is 19.1. The number of H-pyrrole nitrogens is 2. The minimum Gasteiger partial charge on any atom is -0.338 e. The highest BCUT2D eigenvalue weighted by Gasteiger charge is 2.16. The van der Waals surface area contributed by atoms with Gasteiger partial charge in [-0.2, -0.15) is 15.2 Å². The Balaban J connectivity index is 1.46. The van der Waals surface area contributed by atoms with Crippen molar-refractivity contribution in [2.24, 2.45) is 7.05 Å². The van der Waals surface area contributed by atoms with E-state index in [1.54, 1.807) is 23.0 Å². The Labute approximate surface area is 161 Å². The van der Waals surface area contributed by atoms with Crippen LogP contribution in [0.4, 0.5) is 4.39 Å². The van der Waals surface area contributed by atoms with Crippen molar-refractivity contribution in [1.82, 2.24) is 40.1 Å². The summed E-state index contributed by atoms with van der Waals surface area (Å²) in [7, 11) is 1.83. The van der Waals surface area contributed by atoms with Crippen LogP contribution in [0.2, 0.25) is 0 Å². The molecule has 0 aliphatic rings. The van der Waals surface area contributed by atoms with E-state index >= 15 is 0 Å². The second-order valence-electron chi connectivity index (χ2n) is 6.43. The summed E-state index contributed by atoms with van der Waals surface area (Å²) in [4.78, 5) is 23.9. The molecule has 0 saturated heterocycles. The standard InChI is InChI=1S/C18H13FN8O2/c1-27-8-10(6-21-27)9-2-3-13-11(4-9)18(28)23-14(22-13)5-15-24-17(26-29-15)16-12(19)7-20-25-16/h2-4,6-8H,5H2,1H3,(H,20,25)(H,22,23,28). The second-order valence-corrected chi connectivity index (χ2v) is 6.43. The number of fused-ring (bicyclic) bond motifs is 1. The molecule has 29 heavy (non-hydrogen) atoms. The first kappa shape index (κ1) is 17.0. The molecule has 0 radical (unpaired) electrons. The number of aromatic amines is 2. The largest absolute Gasteiger partial charge is 0.338 e. The highest BCUT2D eigenvalue weighted by molar-refractivity contribution is 5.83. The molecule has 5 aromatic rings. The Hall–Kier alpha value is -4.15. The first-order valence-electron chi connectivity index (χ1n) is 8.60. The molecule has 2 N–H and O–H groups in total. The van der Waals surface area contributed by atoms with Gasteiger partial charge in [0.05, 0.1) is 29.7 Å². The zero-order valence-electron chi connectivity index (χ0n) is 15.0. The van der Waals surface area contributed by atoms with E-state index in [0.717, 1.165) is 17.3 Å². The van der Waals surface area contributed by atoms with Crippen LogP contribution in [0.5, 0.6) is 0 Å². The zero-order valence-corrected chi connectivity index (χ0v) is 15.0. The third kappa shape index (κ3) is 3.08. The molecule has 4 heterocycles. The van der Waals surface area contributed by atoms with Gasteiger partial charge in [0.1, 0.15) is 11.5 Å². The number of aryl methyl sites for hydroxylation is 1. The van der Waals surface area contributed by atoms with E-state index in [1.807, 2.05) is 19.3 Å². The van der Waals surface area contributed by atoms with Gasteiger partial charge in [0.2, 0.25) is 11.7 Å². The molecule has 1 aromatic carbocycles. The van der Waals surface area contributed by atoms with Crippen LogP contribution < -0.4 is 5.56 Å². The van der Waals surface area contributed by atoms with Gasteiger partial charge in [-0.05, 0) is 17.7 Å². The Morgan fingerprint density at radius 1 is 1.21 bits per heavy atom. The lowest BCUT2D eigenvalue weighted by molar-refractivity contribution is 0.383. The van der Waals surface area contributed by atoms with E-state index < -0.39 is 5.82 Å². The van der Waals surface area contributed by atoms with Gasteiger partial charge in [0.25, 0.3) is 5.56 Å². The molecule has 0 atom stereocenters. The predicted octanol–water partition coefficient (Wildman–Crippen LogP) is 1.83. The quantitative estimate of drug-likeness (QED) is 0.477. The van der Waals surface area contributed by atoms with Gasteiger partial charge in [-0.3, -0.25) is 14.6 Å². The maximum Gasteiger partial charge on any atom is 0.258 e. The Kier molecular flexibility index (Phi) is 3.79. The first-order chi connectivity index (χ1) is 14.1. The summed E-state index contributed by atoms with van der Waals surface area (Å²) in [6.45, 7) is 0. The van der Waals surface area contributed by atoms with Crippen molar-refractivity contribution in [2.75, 3.05) is 0 Å². The van der Waals surface area contributed by atoms with Crippen LogP contribution in [0.25, 0.3) is 33.5 Å². The molecule has 10 nitrogen and oxygen atoms in total. The normalized spacial score (nSPS) is 11.4. The molecule has 0 aliphatic heterocycles. The van der Waals surface area contributed by atoms with Crippen molar-refractivity contribution in [3.8, 4) is 22.6 Å². The fourth-order valence-corrected chi connectivity index (χ4v) is 3.02. The first-order valence-corrected chi connectivity index (χ1v) is 8.60. The molecule has 4 aromatic heterocycles. The highest BCUT2D eigenvalue weighted by Crippen LogP contribution is 2.22. The molecule has 0 amide bonds. The van der Waals surface area contributed by atoms with E-state index in [0.29, 0.717) is 16.7 Å². The van der Waals surface area contributed by atoms with E-state index in [4.69, 9.17) is 4.52 Å². The van der Waals surface area contributed by atoms with E-state index in [2.05, 4.69) is 35.4 Å². The van der Waals surface area contributed by atoms with Gasteiger partial charge >= 0.3 is 0 Å². The van der Waals surface area contributed by atoms with E-state index in [1.165, 1.54) is 0 Å². The summed E-state index contributed by atoms with van der Waals surface area (Å²) in [6, 6.07) is 5.42. The molecular formula is C18H13FN8O2. The SMILES string of the molecule is Cn1cc(-c2ccc3nc(Cc4nc(-c5[nH]ncc5F)no4)[nH]c(=O)c3c2)cn1. The molecular weight excluding hydrogens is 379 g/mol. The predicted molar refractivity (Wildman–Crippen MR) is 99.2 cm³/mol. The van der Waals surface area contributed by atoms with Crippen molar-refractivity contribution >= 4 is 10.9 Å². The monoisotopic (exact) mass is 392 g/mol. The fourth-order valence-electron chi connectivity index (χ4n) is 3.02. The summed E-state index contributed by atoms with van der Waals surface area (Å²) >= 11 is 0. The van der Waals surface area contributed by atoms with Crippen molar-refractivity contribution in [3.63, 3.8) is 0 Å². The number of benzene rings is 1. The van der Waals surface area contributed by atoms with E-state index in [9.17, 15) is 9.18 Å². The molecule has 0 aliphatic carbocycles. The number of rotatable bonds is 4. The van der Waals surface area contributed by atoms with Crippen LogP contribution in [0, 0.1) is 5.82 Å². The summed E-state index contributed by atoms with van der Waals surface area (Å²) < 4.78 is 20.4. The van der Waals surface area contributed by atoms with E-state index in [-0.39, 0.29) is 29.4 Å². The summed E-state index contributed by atoms with van der Waals surface area (Å²) in [5.74, 6) is -0.00125. The average molecular weight is 392 g/mol. The Morgan fingerprint density at radius 2 is 2.10 bits per heavy atom. The molecule has 0 bridgehead atoms. The van der Waals surface area contributed by atoms with Crippen LogP contribution in [0.1, 0.15) is 11.7 Å². The Morgan fingerprint density at radius 3 is 2.86 bits per heavy atom. The summed E-state index contributed by atoms with van der Waals surface area (Å²) in [5.41, 5.74) is 2.06. The van der Waals surface area contributed by atoms with Crippen molar-refractivity contribution in [3.05, 3.63) is 64.7 Å². The molecule has 0 fully saturated rings. The van der Waals surface area contributed by atoms with Gasteiger partial charge < -0.3 is 9.51 Å². The minimum absolute atomic E-state index is 0.0305. The number of halogens is 1. The molecule has 5 rings (SSSR count). The van der Waals surface area contributed by atoms with Gasteiger partial charge in [-0.25, -0.2) is 9.37 Å². The summed E-state index contributed by atoms with van der Waals surface area (Å²) in [6.07, 6.45) is 4.71. The topological polar surface area (TPSA) is 131 Å². The van der Waals surface area contributed by atoms with Crippen LogP contribution in [-0.4, -0.2) is 40.1 Å². The van der Waals surface area contributed by atoms with Crippen LogP contribution in [-0.2, 0) is 13.5 Å². The molecule has 11 heteroatoms. The second kappa shape index (κ2) is 6.48. The van der Waals surface area contributed by atoms with Crippen LogP contribution >= 0.6 is 0 Å². The van der Waals surface area contributed by atoms with Crippen molar-refractivity contribution in [2.45, 2.75) is 6.42 Å². The lowest BCUT2D eigenvalue weighted by Crippen LogP contribution is -2.12. The third-order valence-corrected chi connectivity index (χ3v) is 4.40. The van der Waals surface area contributed by atoms with Crippen LogP contribution in [0.3, 0.4) is 0 Å². The fraction of sp³-hybridized carbons (Fsp3) is 0.111. The van der Waals surface area contributed by atoms with Crippen molar-refractivity contribution < 1.29 is 8.91 Å². The van der Waals surface area contributed by atoms with Crippen LogP contribution in [0.15, 0.2) is 46.1 Å². The molecule has 0 unspecified atom stereocenters. The maximum atomic E-state index is 13.6. The zero-order chi connectivity index (χ0) is 20.0. The number of hydrogen-bond acceptors (Lipinski definition) is 7.